The maximum atomic E-state index is 11.7. The predicted octanol–water partition coefficient (Wildman–Crippen LogP) is 6.53. The summed E-state index contributed by atoms with van der Waals surface area (Å²) >= 11 is 0. The van der Waals surface area contributed by atoms with Gasteiger partial charge in [0, 0.05) is 31.8 Å². The normalized spacial score (nSPS) is 10.9. The predicted molar refractivity (Wildman–Crippen MR) is 167 cm³/mol. The van der Waals surface area contributed by atoms with Gasteiger partial charge in [-0.05, 0) is 77.6 Å². The van der Waals surface area contributed by atoms with E-state index in [1.807, 2.05) is 24.3 Å². The van der Waals surface area contributed by atoms with Gasteiger partial charge < -0.3 is 20.1 Å². The molecule has 0 aromatic heterocycles. The van der Waals surface area contributed by atoms with Crippen molar-refractivity contribution >= 4 is 33.4 Å². The van der Waals surface area contributed by atoms with E-state index in [0.29, 0.717) is 32.6 Å². The van der Waals surface area contributed by atoms with Gasteiger partial charge in [-0.2, -0.15) is 0 Å². The average molecular weight is 553 g/mol. The van der Waals surface area contributed by atoms with Crippen LogP contribution in [0.4, 0.5) is 0 Å². The third-order valence-electron chi connectivity index (χ3n) is 7.14. The first kappa shape index (κ1) is 29.7. The first-order chi connectivity index (χ1) is 20.1. The van der Waals surface area contributed by atoms with E-state index in [4.69, 9.17) is 9.47 Å². The molecule has 0 saturated heterocycles. The summed E-state index contributed by atoms with van der Waals surface area (Å²) in [5, 5.41) is 10.2. The standard InChI is InChI=1S/C35H40N2O4/c1-3-10-34(39)37-22-21-27-12-6-11-26-19-20-30(25-31(26)27)40-23-4-5-24-41-32-17-8-15-28-13-7-14-29(35(28)32)16-9-18-33(38)36-2/h3,6-8,11-15,17,19-20,25H,1,4-5,9-10,16,18,21-24H2,2H3,(H,36,38)(H,37,39). The minimum absolute atomic E-state index is 0.00741. The van der Waals surface area contributed by atoms with E-state index >= 15 is 0 Å². The molecule has 0 bridgehead atoms. The lowest BCUT2D eigenvalue weighted by atomic mass is 9.99. The first-order valence-corrected chi connectivity index (χ1v) is 14.4. The molecule has 0 aliphatic heterocycles. The lowest BCUT2D eigenvalue weighted by Crippen LogP contribution is -2.24. The van der Waals surface area contributed by atoms with Crippen LogP contribution in [0.5, 0.6) is 11.5 Å². The van der Waals surface area contributed by atoms with E-state index in [9.17, 15) is 9.59 Å². The van der Waals surface area contributed by atoms with Crippen LogP contribution in [0.15, 0.2) is 85.5 Å². The number of hydrogen-bond donors (Lipinski definition) is 2. The maximum Gasteiger partial charge on any atom is 0.223 e. The minimum atomic E-state index is -0.00741. The van der Waals surface area contributed by atoms with Crippen molar-refractivity contribution in [3.8, 4) is 11.5 Å². The molecule has 0 heterocycles. The highest BCUT2D eigenvalue weighted by atomic mass is 16.5. The highest BCUT2D eigenvalue weighted by Crippen LogP contribution is 2.30. The Labute approximate surface area is 242 Å². The summed E-state index contributed by atoms with van der Waals surface area (Å²) in [6.45, 7) is 5.41. The molecule has 2 N–H and O–H groups in total. The summed E-state index contributed by atoms with van der Waals surface area (Å²) in [6.07, 6.45) is 6.60. The monoisotopic (exact) mass is 552 g/mol. The van der Waals surface area contributed by atoms with Gasteiger partial charge in [-0.1, -0.05) is 60.7 Å². The number of fused-ring (bicyclic) bond motifs is 2. The summed E-state index contributed by atoms with van der Waals surface area (Å²) in [6, 6.07) is 24.9. The number of benzene rings is 4. The van der Waals surface area contributed by atoms with Gasteiger partial charge in [0.25, 0.3) is 0 Å². The van der Waals surface area contributed by atoms with Crippen LogP contribution < -0.4 is 20.1 Å². The van der Waals surface area contributed by atoms with E-state index in [1.165, 1.54) is 11.1 Å². The molecule has 0 aliphatic rings. The molecule has 6 heteroatoms. The second-order valence-electron chi connectivity index (χ2n) is 10.1. The Bertz CT molecular complexity index is 1470. The number of carbonyl (C=O) groups excluding carboxylic acids is 2. The van der Waals surface area contributed by atoms with E-state index < -0.39 is 0 Å². The van der Waals surface area contributed by atoms with Gasteiger partial charge >= 0.3 is 0 Å². The van der Waals surface area contributed by atoms with Crippen LogP contribution in [-0.2, 0) is 22.4 Å². The van der Waals surface area contributed by atoms with Crippen LogP contribution in [-0.4, -0.2) is 38.6 Å². The van der Waals surface area contributed by atoms with Gasteiger partial charge in [0.2, 0.25) is 11.8 Å². The molecule has 2 amide bonds. The van der Waals surface area contributed by atoms with E-state index in [0.717, 1.165) is 65.1 Å². The lowest BCUT2D eigenvalue weighted by Gasteiger charge is -2.13. The summed E-state index contributed by atoms with van der Waals surface area (Å²) < 4.78 is 12.3. The van der Waals surface area contributed by atoms with Crippen molar-refractivity contribution in [3.05, 3.63) is 96.6 Å². The molecule has 0 radical (unpaired) electrons. The molecule has 0 unspecified atom stereocenters. The van der Waals surface area contributed by atoms with Gasteiger partial charge in [-0.15, -0.1) is 6.58 Å². The molecule has 6 nitrogen and oxygen atoms in total. The maximum absolute atomic E-state index is 11.7. The van der Waals surface area contributed by atoms with Gasteiger partial charge in [-0.25, -0.2) is 0 Å². The van der Waals surface area contributed by atoms with Crippen LogP contribution >= 0.6 is 0 Å². The summed E-state index contributed by atoms with van der Waals surface area (Å²) in [5.41, 5.74) is 2.39. The van der Waals surface area contributed by atoms with Crippen LogP contribution in [0, 0.1) is 0 Å². The first-order valence-electron chi connectivity index (χ1n) is 14.4. The quantitative estimate of drug-likeness (QED) is 0.122. The molecule has 4 aromatic rings. The van der Waals surface area contributed by atoms with Crippen molar-refractivity contribution in [3.63, 3.8) is 0 Å². The SMILES string of the molecule is C=CCC(=O)NCCc1cccc2ccc(OCCCCOc3cccc4cccc(CCCC(=O)NC)c34)cc12. The van der Waals surface area contributed by atoms with E-state index in [-0.39, 0.29) is 11.8 Å². The summed E-state index contributed by atoms with van der Waals surface area (Å²) in [4.78, 5) is 23.4. The van der Waals surface area contributed by atoms with Crippen molar-refractivity contribution in [2.45, 2.75) is 44.9 Å². The van der Waals surface area contributed by atoms with Gasteiger partial charge in [-0.3, -0.25) is 9.59 Å². The lowest BCUT2D eigenvalue weighted by molar-refractivity contribution is -0.121. The molecule has 4 rings (SSSR count). The molecule has 4 aromatic carbocycles. The van der Waals surface area contributed by atoms with Crippen molar-refractivity contribution in [2.75, 3.05) is 26.8 Å². The molecule has 0 spiro atoms. The van der Waals surface area contributed by atoms with Crippen LogP contribution in [0.1, 0.15) is 43.2 Å². The highest BCUT2D eigenvalue weighted by molar-refractivity contribution is 5.91. The number of aryl methyl sites for hydroxylation is 1. The van der Waals surface area contributed by atoms with Gasteiger partial charge in [0.05, 0.1) is 13.2 Å². The van der Waals surface area contributed by atoms with Gasteiger partial charge in [0.15, 0.2) is 0 Å². The zero-order chi connectivity index (χ0) is 28.9. The second kappa shape index (κ2) is 15.5. The Morgan fingerprint density at radius 3 is 2.32 bits per heavy atom. The molecule has 0 fully saturated rings. The Balaban J connectivity index is 1.27. The Morgan fingerprint density at radius 1 is 0.805 bits per heavy atom. The van der Waals surface area contributed by atoms with Crippen molar-refractivity contribution in [1.29, 1.82) is 0 Å². The van der Waals surface area contributed by atoms with Gasteiger partial charge in [0.1, 0.15) is 11.5 Å². The highest BCUT2D eigenvalue weighted by Gasteiger charge is 2.09. The van der Waals surface area contributed by atoms with E-state index in [2.05, 4.69) is 65.7 Å². The van der Waals surface area contributed by atoms with E-state index in [1.54, 1.807) is 13.1 Å². The summed E-state index contributed by atoms with van der Waals surface area (Å²) in [5.74, 6) is 1.80. The molecular formula is C35H40N2O4. The number of rotatable bonds is 16. The molecule has 0 atom stereocenters. The largest absolute Gasteiger partial charge is 0.494 e. The number of amides is 2. The number of ether oxygens (including phenoxy) is 2. The topological polar surface area (TPSA) is 76.7 Å². The molecule has 0 aliphatic carbocycles. The zero-order valence-corrected chi connectivity index (χ0v) is 23.9. The van der Waals surface area contributed by atoms with Crippen molar-refractivity contribution < 1.29 is 19.1 Å². The molecule has 0 saturated carbocycles. The third-order valence-corrected chi connectivity index (χ3v) is 7.14. The van der Waals surface area contributed by atoms with Crippen LogP contribution in [0.3, 0.4) is 0 Å². The Hall–Kier alpha value is -4.32. The van der Waals surface area contributed by atoms with Crippen LogP contribution in [0.2, 0.25) is 0 Å². The molecule has 214 valence electrons. The zero-order valence-electron chi connectivity index (χ0n) is 23.9. The second-order valence-corrected chi connectivity index (χ2v) is 10.1. The third kappa shape index (κ3) is 8.58. The fourth-order valence-corrected chi connectivity index (χ4v) is 5.02. The molecular weight excluding hydrogens is 512 g/mol. The average Bonchev–Trinajstić information content (AvgIpc) is 2.99. The van der Waals surface area contributed by atoms with Crippen molar-refractivity contribution in [2.24, 2.45) is 0 Å². The molecule has 41 heavy (non-hydrogen) atoms. The number of carbonyl (C=O) groups is 2. The number of hydrogen-bond acceptors (Lipinski definition) is 4. The van der Waals surface area contributed by atoms with Crippen LogP contribution in [0.25, 0.3) is 21.5 Å². The number of nitrogens with one attached hydrogen (secondary N) is 2. The number of unbranched alkanes of at least 4 members (excludes halogenated alkanes) is 1. The Morgan fingerprint density at radius 2 is 1.54 bits per heavy atom. The fourth-order valence-electron chi connectivity index (χ4n) is 5.02. The fraction of sp³-hybridized carbons (Fsp3) is 0.314. The minimum Gasteiger partial charge on any atom is -0.494 e. The van der Waals surface area contributed by atoms with Crippen molar-refractivity contribution in [1.82, 2.24) is 10.6 Å². The Kier molecular flexibility index (Phi) is 11.2. The smallest absolute Gasteiger partial charge is 0.223 e. The summed E-state index contributed by atoms with van der Waals surface area (Å²) in [7, 11) is 1.67.